The van der Waals surface area contributed by atoms with Crippen molar-refractivity contribution in [2.24, 2.45) is 0 Å². The van der Waals surface area contributed by atoms with Gasteiger partial charge in [-0.3, -0.25) is 4.79 Å². The number of anilines is 1. The van der Waals surface area contributed by atoms with E-state index in [0.29, 0.717) is 30.3 Å². The highest BCUT2D eigenvalue weighted by Gasteiger charge is 2.13. The van der Waals surface area contributed by atoms with Gasteiger partial charge in [-0.2, -0.15) is 0 Å². The summed E-state index contributed by atoms with van der Waals surface area (Å²) >= 11 is 0. The number of aromatic nitrogens is 1. The first-order valence-electron chi connectivity index (χ1n) is 11.4. The summed E-state index contributed by atoms with van der Waals surface area (Å²) < 4.78 is 12.1. The van der Waals surface area contributed by atoms with Crippen molar-refractivity contribution in [3.8, 4) is 11.5 Å². The van der Waals surface area contributed by atoms with E-state index in [2.05, 4.69) is 10.3 Å². The molecule has 0 fully saturated rings. The molecule has 0 aliphatic carbocycles. The molecule has 0 saturated heterocycles. The van der Waals surface area contributed by atoms with Gasteiger partial charge < -0.3 is 19.9 Å². The van der Waals surface area contributed by atoms with Crippen molar-refractivity contribution in [2.45, 2.75) is 27.1 Å². The van der Waals surface area contributed by atoms with Crippen molar-refractivity contribution in [3.05, 3.63) is 118 Å². The molecule has 4 rings (SSSR count). The molecule has 0 saturated carbocycles. The van der Waals surface area contributed by atoms with Gasteiger partial charge in [-0.15, -0.1) is 0 Å². The number of ether oxygens (including phenoxy) is 2. The predicted octanol–water partition coefficient (Wildman–Crippen LogP) is 5.81. The van der Waals surface area contributed by atoms with Crippen LogP contribution in [0.2, 0.25) is 0 Å². The summed E-state index contributed by atoms with van der Waals surface area (Å²) in [6.07, 6.45) is 1.19. The molecule has 36 heavy (non-hydrogen) atoms. The van der Waals surface area contributed by atoms with Gasteiger partial charge in [-0.25, -0.2) is 9.78 Å². The van der Waals surface area contributed by atoms with Crippen molar-refractivity contribution in [2.75, 3.05) is 5.32 Å². The third-order valence-corrected chi connectivity index (χ3v) is 5.71. The van der Waals surface area contributed by atoms with Crippen molar-refractivity contribution in [3.63, 3.8) is 0 Å². The number of pyridine rings is 1. The minimum absolute atomic E-state index is 0.0338. The van der Waals surface area contributed by atoms with Crippen molar-refractivity contribution in [1.82, 2.24) is 4.98 Å². The fourth-order valence-electron chi connectivity index (χ4n) is 3.52. The number of benzene rings is 3. The topological polar surface area (TPSA) is 97.8 Å². The summed E-state index contributed by atoms with van der Waals surface area (Å²) in [5, 5.41) is 11.7. The first-order chi connectivity index (χ1) is 17.4. The summed E-state index contributed by atoms with van der Waals surface area (Å²) in [5.74, 6) is -0.305. The minimum Gasteiger partial charge on any atom is -0.489 e. The average Bonchev–Trinajstić information content (AvgIpc) is 2.88. The van der Waals surface area contributed by atoms with Gasteiger partial charge >= 0.3 is 5.97 Å². The molecule has 0 unspecified atom stereocenters. The van der Waals surface area contributed by atoms with Crippen LogP contribution >= 0.6 is 0 Å². The number of carboxylic acid groups (broad SMARTS) is 1. The first-order valence-corrected chi connectivity index (χ1v) is 11.4. The zero-order valence-corrected chi connectivity index (χ0v) is 20.0. The monoisotopic (exact) mass is 482 g/mol. The van der Waals surface area contributed by atoms with E-state index in [0.717, 1.165) is 22.3 Å². The smallest absolute Gasteiger partial charge is 0.337 e. The predicted molar refractivity (Wildman–Crippen MR) is 137 cm³/mol. The molecule has 2 N–H and O–H groups in total. The molecule has 3 aromatic carbocycles. The first kappa shape index (κ1) is 24.5. The molecule has 0 aliphatic rings. The van der Waals surface area contributed by atoms with Gasteiger partial charge in [0.25, 0.3) is 5.91 Å². The molecular formula is C29H26N2O5. The Morgan fingerprint density at radius 3 is 1.81 bits per heavy atom. The number of amides is 1. The summed E-state index contributed by atoms with van der Waals surface area (Å²) in [6.45, 7) is 4.71. The van der Waals surface area contributed by atoms with E-state index in [4.69, 9.17) is 14.6 Å². The summed E-state index contributed by atoms with van der Waals surface area (Å²) in [6, 6.07) is 23.7. The van der Waals surface area contributed by atoms with Crippen LogP contribution in [0.25, 0.3) is 0 Å². The number of hydrogen-bond acceptors (Lipinski definition) is 5. The Labute approximate surface area is 209 Å². The van der Waals surface area contributed by atoms with E-state index in [1.165, 1.54) is 18.3 Å². The highest BCUT2D eigenvalue weighted by molar-refractivity contribution is 6.04. The van der Waals surface area contributed by atoms with Crippen LogP contribution in [0.3, 0.4) is 0 Å². The van der Waals surface area contributed by atoms with Crippen LogP contribution < -0.4 is 14.8 Å². The Balaban J connectivity index is 1.56. The summed E-state index contributed by atoms with van der Waals surface area (Å²) in [5.41, 5.74) is 4.65. The van der Waals surface area contributed by atoms with Crippen molar-refractivity contribution < 1.29 is 24.2 Å². The molecule has 7 heteroatoms. The number of carbonyl (C=O) groups is 2. The van der Waals surface area contributed by atoms with E-state index in [1.54, 1.807) is 18.2 Å². The van der Waals surface area contributed by atoms with E-state index < -0.39 is 11.9 Å². The van der Waals surface area contributed by atoms with Gasteiger partial charge in [0.05, 0.1) is 5.56 Å². The van der Waals surface area contributed by atoms with Crippen LogP contribution in [0.1, 0.15) is 43.0 Å². The lowest BCUT2D eigenvalue weighted by Gasteiger charge is -2.14. The zero-order valence-electron chi connectivity index (χ0n) is 20.0. The molecule has 0 radical (unpaired) electrons. The second-order valence-electron chi connectivity index (χ2n) is 8.31. The number of rotatable bonds is 9. The molecule has 7 nitrogen and oxygen atoms in total. The SMILES string of the molecule is Cc1ccccc1COc1cc(OCc2ccccc2C)cc(C(=O)Nc2ccc(C(=O)O)cn2)c1. The van der Waals surface area contributed by atoms with Crippen LogP contribution in [0.4, 0.5) is 5.82 Å². The van der Waals surface area contributed by atoms with E-state index in [9.17, 15) is 9.59 Å². The van der Waals surface area contributed by atoms with Crippen LogP contribution in [0.15, 0.2) is 85.1 Å². The number of carboxylic acids is 1. The second-order valence-corrected chi connectivity index (χ2v) is 8.31. The lowest BCUT2D eigenvalue weighted by atomic mass is 10.1. The Bertz CT molecular complexity index is 1320. The number of hydrogen-bond donors (Lipinski definition) is 2. The van der Waals surface area contributed by atoms with Crippen molar-refractivity contribution >= 4 is 17.7 Å². The van der Waals surface area contributed by atoms with Crippen LogP contribution in [-0.4, -0.2) is 22.0 Å². The lowest BCUT2D eigenvalue weighted by Crippen LogP contribution is -2.14. The molecule has 1 aromatic heterocycles. The highest BCUT2D eigenvalue weighted by atomic mass is 16.5. The largest absolute Gasteiger partial charge is 0.489 e. The Morgan fingerprint density at radius 2 is 1.33 bits per heavy atom. The van der Waals surface area contributed by atoms with Gasteiger partial charge in [-0.05, 0) is 60.4 Å². The quantitative estimate of drug-likeness (QED) is 0.313. The highest BCUT2D eigenvalue weighted by Crippen LogP contribution is 2.26. The fraction of sp³-hybridized carbons (Fsp3) is 0.138. The molecule has 0 aliphatic heterocycles. The zero-order chi connectivity index (χ0) is 25.5. The maximum atomic E-state index is 13.0. The standard InChI is InChI=1S/C29H26N2O5/c1-19-7-3-5-9-22(19)17-35-25-13-24(28(32)31-27-12-11-21(16-30-27)29(33)34)14-26(15-25)36-18-23-10-6-4-8-20(23)2/h3-16H,17-18H2,1-2H3,(H,33,34)(H,30,31,32). The maximum Gasteiger partial charge on any atom is 0.337 e. The number of nitrogens with one attached hydrogen (secondary N) is 1. The van der Waals surface area contributed by atoms with Crippen LogP contribution in [0.5, 0.6) is 11.5 Å². The molecule has 0 bridgehead atoms. The lowest BCUT2D eigenvalue weighted by molar-refractivity contribution is 0.0696. The van der Waals surface area contributed by atoms with Gasteiger partial charge in [0.15, 0.2) is 0 Å². The number of aromatic carboxylic acids is 1. The molecule has 0 spiro atoms. The molecule has 4 aromatic rings. The Hall–Kier alpha value is -4.65. The third kappa shape index (κ3) is 6.27. The number of aryl methyl sites for hydroxylation is 2. The van der Waals surface area contributed by atoms with Crippen LogP contribution in [0, 0.1) is 13.8 Å². The van der Waals surface area contributed by atoms with E-state index in [-0.39, 0.29) is 11.4 Å². The van der Waals surface area contributed by atoms with E-state index >= 15 is 0 Å². The third-order valence-electron chi connectivity index (χ3n) is 5.71. The molecule has 1 amide bonds. The molecule has 0 atom stereocenters. The Morgan fingerprint density at radius 1 is 0.778 bits per heavy atom. The summed E-state index contributed by atoms with van der Waals surface area (Å²) in [7, 11) is 0. The molecule has 182 valence electrons. The number of nitrogens with zero attached hydrogens (tertiary/aromatic N) is 1. The van der Waals surface area contributed by atoms with Gasteiger partial charge in [-0.1, -0.05) is 48.5 Å². The maximum absolute atomic E-state index is 13.0. The minimum atomic E-state index is -1.09. The average molecular weight is 483 g/mol. The summed E-state index contributed by atoms with van der Waals surface area (Å²) in [4.78, 5) is 28.1. The fourth-order valence-corrected chi connectivity index (χ4v) is 3.52. The Kier molecular flexibility index (Phi) is 7.60. The number of carbonyl (C=O) groups excluding carboxylic acids is 1. The van der Waals surface area contributed by atoms with Gasteiger partial charge in [0.1, 0.15) is 30.5 Å². The molecule has 1 heterocycles. The molecular weight excluding hydrogens is 456 g/mol. The van der Waals surface area contributed by atoms with E-state index in [1.807, 2.05) is 62.4 Å². The van der Waals surface area contributed by atoms with Gasteiger partial charge in [0, 0.05) is 17.8 Å². The van der Waals surface area contributed by atoms with Crippen LogP contribution in [-0.2, 0) is 13.2 Å². The van der Waals surface area contributed by atoms with Gasteiger partial charge in [0.2, 0.25) is 0 Å². The second kappa shape index (κ2) is 11.2. The normalized spacial score (nSPS) is 10.5. The van der Waals surface area contributed by atoms with Crippen molar-refractivity contribution in [1.29, 1.82) is 0 Å².